The number of sulfonamides is 1. The maximum absolute atomic E-state index is 12.6. The molecule has 1 fully saturated rings. The Kier molecular flexibility index (Phi) is 4.96. The highest BCUT2D eigenvalue weighted by atomic mass is 35.5. The van der Waals surface area contributed by atoms with Crippen LogP contribution in [0.3, 0.4) is 0 Å². The maximum Gasteiger partial charge on any atom is 0.257 e. The molecule has 1 heterocycles. The number of halogens is 2. The molecule has 0 spiro atoms. The SMILES string of the molecule is CC1(C)CS(=O)(=O)N(c2ccc(Cl)c(C(=O)Nc3ccccc3Cl)c2)C1=O. The van der Waals surface area contributed by atoms with Gasteiger partial charge in [0.1, 0.15) is 0 Å². The van der Waals surface area contributed by atoms with Crippen LogP contribution in [0, 0.1) is 5.41 Å². The lowest BCUT2D eigenvalue weighted by Gasteiger charge is -2.18. The Morgan fingerprint density at radius 3 is 2.37 bits per heavy atom. The van der Waals surface area contributed by atoms with E-state index in [-0.39, 0.29) is 22.0 Å². The first-order valence-corrected chi connectivity index (χ1v) is 10.3. The van der Waals surface area contributed by atoms with Crippen LogP contribution >= 0.6 is 23.2 Å². The summed E-state index contributed by atoms with van der Waals surface area (Å²) < 4.78 is 25.6. The van der Waals surface area contributed by atoms with E-state index in [1.54, 1.807) is 38.1 Å². The molecule has 0 unspecified atom stereocenters. The van der Waals surface area contributed by atoms with Crippen LogP contribution in [0.4, 0.5) is 11.4 Å². The molecule has 6 nitrogen and oxygen atoms in total. The number of nitrogens with zero attached hydrogens (tertiary/aromatic N) is 1. The van der Waals surface area contributed by atoms with E-state index >= 15 is 0 Å². The number of rotatable bonds is 3. The minimum absolute atomic E-state index is 0.0294. The van der Waals surface area contributed by atoms with Gasteiger partial charge >= 0.3 is 0 Å². The molecule has 1 saturated heterocycles. The highest BCUT2D eigenvalue weighted by Crippen LogP contribution is 2.37. The number of carbonyl (C=O) groups excluding carboxylic acids is 2. The van der Waals surface area contributed by atoms with Crippen LogP contribution in [0.1, 0.15) is 24.2 Å². The van der Waals surface area contributed by atoms with Gasteiger partial charge in [0.15, 0.2) is 0 Å². The second-order valence-corrected chi connectivity index (χ2v) is 9.44. The Balaban J connectivity index is 1.99. The molecule has 1 N–H and O–H groups in total. The summed E-state index contributed by atoms with van der Waals surface area (Å²) in [5.74, 6) is -1.43. The predicted molar refractivity (Wildman–Crippen MR) is 106 cm³/mol. The third-order valence-corrected chi connectivity index (χ3v) is 6.81. The van der Waals surface area contributed by atoms with Crippen molar-refractivity contribution in [2.75, 3.05) is 15.4 Å². The molecule has 2 amide bonds. The topological polar surface area (TPSA) is 83.6 Å². The first-order valence-electron chi connectivity index (χ1n) is 7.96. The first-order chi connectivity index (χ1) is 12.5. The van der Waals surface area contributed by atoms with Crippen molar-refractivity contribution in [2.45, 2.75) is 13.8 Å². The molecule has 3 rings (SSSR count). The van der Waals surface area contributed by atoms with Crippen LogP contribution in [0.15, 0.2) is 42.5 Å². The van der Waals surface area contributed by atoms with Gasteiger partial charge in [-0.2, -0.15) is 0 Å². The van der Waals surface area contributed by atoms with Crippen molar-refractivity contribution in [1.82, 2.24) is 0 Å². The highest BCUT2D eigenvalue weighted by molar-refractivity contribution is 7.94. The van der Waals surface area contributed by atoms with E-state index < -0.39 is 27.3 Å². The Morgan fingerprint density at radius 2 is 1.78 bits per heavy atom. The van der Waals surface area contributed by atoms with Crippen molar-refractivity contribution in [1.29, 1.82) is 0 Å². The number of hydrogen-bond acceptors (Lipinski definition) is 4. The first kappa shape index (κ1) is 19.7. The van der Waals surface area contributed by atoms with E-state index in [9.17, 15) is 18.0 Å². The van der Waals surface area contributed by atoms with Gasteiger partial charge < -0.3 is 5.32 Å². The minimum atomic E-state index is -3.83. The normalized spacial score (nSPS) is 17.8. The summed E-state index contributed by atoms with van der Waals surface area (Å²) in [5.41, 5.74) is -0.559. The molecule has 0 aliphatic carbocycles. The molecule has 0 radical (unpaired) electrons. The molecular formula is C18H16Cl2N2O4S. The second kappa shape index (κ2) is 6.82. The number of benzene rings is 2. The summed E-state index contributed by atoms with van der Waals surface area (Å²) >= 11 is 12.2. The molecule has 27 heavy (non-hydrogen) atoms. The van der Waals surface area contributed by atoms with E-state index in [1.165, 1.54) is 18.2 Å². The van der Waals surface area contributed by atoms with Gasteiger partial charge in [-0.3, -0.25) is 9.59 Å². The van der Waals surface area contributed by atoms with Crippen molar-refractivity contribution in [3.05, 3.63) is 58.1 Å². The molecular weight excluding hydrogens is 411 g/mol. The molecule has 2 aromatic rings. The number of para-hydroxylation sites is 1. The minimum Gasteiger partial charge on any atom is -0.321 e. The fraction of sp³-hybridized carbons (Fsp3) is 0.222. The van der Waals surface area contributed by atoms with E-state index in [0.717, 1.165) is 4.31 Å². The fourth-order valence-corrected chi connectivity index (χ4v) is 5.31. The number of carbonyl (C=O) groups is 2. The Labute approximate surface area is 167 Å². The van der Waals surface area contributed by atoms with Crippen LogP contribution < -0.4 is 9.62 Å². The maximum atomic E-state index is 12.6. The van der Waals surface area contributed by atoms with Crippen molar-refractivity contribution in [3.63, 3.8) is 0 Å². The van der Waals surface area contributed by atoms with E-state index in [4.69, 9.17) is 23.2 Å². The summed E-state index contributed by atoms with van der Waals surface area (Å²) in [5, 5.41) is 3.09. The van der Waals surface area contributed by atoms with Gasteiger partial charge in [0.2, 0.25) is 15.9 Å². The van der Waals surface area contributed by atoms with Gasteiger partial charge in [0, 0.05) is 0 Å². The Bertz CT molecular complexity index is 1050. The van der Waals surface area contributed by atoms with Crippen molar-refractivity contribution in [2.24, 2.45) is 5.41 Å². The lowest BCUT2D eigenvalue weighted by atomic mass is 9.95. The molecule has 0 atom stereocenters. The van der Waals surface area contributed by atoms with Gasteiger partial charge in [0.25, 0.3) is 5.91 Å². The predicted octanol–water partition coefficient (Wildman–Crippen LogP) is 3.95. The van der Waals surface area contributed by atoms with Gasteiger partial charge in [-0.05, 0) is 44.2 Å². The van der Waals surface area contributed by atoms with Crippen molar-refractivity contribution < 1.29 is 18.0 Å². The zero-order chi connectivity index (χ0) is 20.0. The molecule has 1 aliphatic rings. The van der Waals surface area contributed by atoms with E-state index in [2.05, 4.69) is 5.32 Å². The van der Waals surface area contributed by atoms with Crippen LogP contribution in [0.25, 0.3) is 0 Å². The monoisotopic (exact) mass is 426 g/mol. The molecule has 2 aromatic carbocycles. The van der Waals surface area contributed by atoms with Crippen LogP contribution in [0.2, 0.25) is 10.0 Å². The van der Waals surface area contributed by atoms with Gasteiger partial charge in [-0.25, -0.2) is 12.7 Å². The molecule has 142 valence electrons. The summed E-state index contributed by atoms with van der Waals surface area (Å²) in [4.78, 5) is 25.2. The lowest BCUT2D eigenvalue weighted by Crippen LogP contribution is -2.33. The van der Waals surface area contributed by atoms with Crippen LogP contribution in [0.5, 0.6) is 0 Å². The van der Waals surface area contributed by atoms with Crippen LogP contribution in [-0.4, -0.2) is 26.0 Å². The summed E-state index contributed by atoms with van der Waals surface area (Å²) in [6.07, 6.45) is 0. The lowest BCUT2D eigenvalue weighted by molar-refractivity contribution is -0.123. The third kappa shape index (κ3) is 3.67. The summed E-state index contributed by atoms with van der Waals surface area (Å²) in [6, 6.07) is 10.7. The molecule has 0 saturated carbocycles. The van der Waals surface area contributed by atoms with E-state index in [1.807, 2.05) is 0 Å². The van der Waals surface area contributed by atoms with E-state index in [0.29, 0.717) is 10.7 Å². The Morgan fingerprint density at radius 1 is 1.11 bits per heavy atom. The van der Waals surface area contributed by atoms with Gasteiger partial charge in [-0.15, -0.1) is 0 Å². The zero-order valence-electron chi connectivity index (χ0n) is 14.5. The summed E-state index contributed by atoms with van der Waals surface area (Å²) in [6.45, 7) is 3.13. The third-order valence-electron chi connectivity index (χ3n) is 4.14. The van der Waals surface area contributed by atoms with Gasteiger partial charge in [-0.1, -0.05) is 35.3 Å². The van der Waals surface area contributed by atoms with Crippen molar-refractivity contribution >= 4 is 56.4 Å². The van der Waals surface area contributed by atoms with Gasteiger partial charge in [0.05, 0.1) is 38.2 Å². The molecule has 9 heteroatoms. The summed E-state index contributed by atoms with van der Waals surface area (Å²) in [7, 11) is -3.83. The second-order valence-electron chi connectivity index (χ2n) is 6.81. The van der Waals surface area contributed by atoms with Crippen molar-refractivity contribution in [3.8, 4) is 0 Å². The quantitative estimate of drug-likeness (QED) is 0.804. The highest BCUT2D eigenvalue weighted by Gasteiger charge is 2.50. The molecule has 0 aromatic heterocycles. The Hall–Kier alpha value is -2.09. The van der Waals surface area contributed by atoms with Crippen LogP contribution in [-0.2, 0) is 14.8 Å². The number of nitrogens with one attached hydrogen (secondary N) is 1. The largest absolute Gasteiger partial charge is 0.321 e. The molecule has 0 bridgehead atoms. The number of anilines is 2. The average molecular weight is 427 g/mol. The smallest absolute Gasteiger partial charge is 0.257 e. The number of hydrogen-bond donors (Lipinski definition) is 1. The fourth-order valence-electron chi connectivity index (χ4n) is 2.83. The standard InChI is InChI=1S/C18H16Cl2N2O4S/c1-18(2)10-27(25,26)22(17(18)24)11-7-8-13(19)12(9-11)16(23)21-15-6-4-3-5-14(15)20/h3-9H,10H2,1-2H3,(H,21,23). The number of amides is 2. The zero-order valence-corrected chi connectivity index (χ0v) is 16.8. The molecule has 1 aliphatic heterocycles. The average Bonchev–Trinajstić information content (AvgIpc) is 2.73.